The zero-order valence-electron chi connectivity index (χ0n) is 11.0. The molecule has 0 spiro atoms. The van der Waals surface area contributed by atoms with Crippen LogP contribution >= 0.6 is 0 Å². The predicted molar refractivity (Wildman–Crippen MR) is 67.1 cm³/mol. The van der Waals surface area contributed by atoms with E-state index in [1.165, 1.54) is 45.6 Å². The zero-order chi connectivity index (χ0) is 12.4. The van der Waals surface area contributed by atoms with E-state index in [0.717, 1.165) is 6.42 Å². The van der Waals surface area contributed by atoms with E-state index in [0.29, 0.717) is 5.92 Å². The number of hydrogen-bond donors (Lipinski definition) is 1. The van der Waals surface area contributed by atoms with Gasteiger partial charge in [-0.25, -0.2) is 0 Å². The molecule has 0 fully saturated rings. The number of carbonyl (C=O) groups is 1. The van der Waals surface area contributed by atoms with Gasteiger partial charge in [-0.2, -0.15) is 0 Å². The van der Waals surface area contributed by atoms with E-state index in [2.05, 4.69) is 18.6 Å². The molecule has 0 aromatic carbocycles. The van der Waals surface area contributed by atoms with E-state index in [4.69, 9.17) is 5.73 Å². The van der Waals surface area contributed by atoms with E-state index in [9.17, 15) is 4.79 Å². The molecule has 3 heteroatoms. The van der Waals surface area contributed by atoms with Crippen molar-refractivity contribution in [3.63, 3.8) is 0 Å². The van der Waals surface area contributed by atoms with Crippen molar-refractivity contribution in [3.8, 4) is 0 Å². The van der Waals surface area contributed by atoms with Crippen LogP contribution in [0.25, 0.3) is 0 Å². The first-order valence-corrected chi connectivity index (χ1v) is 6.49. The molecule has 0 radical (unpaired) electrons. The smallest absolute Gasteiger partial charge is 0.322 e. The van der Waals surface area contributed by atoms with E-state index in [1.54, 1.807) is 0 Å². The SMILES string of the molecule is CCCCC(CCCC)CC(N)C(=O)OC. The third kappa shape index (κ3) is 6.83. The highest BCUT2D eigenvalue weighted by Gasteiger charge is 2.19. The molecule has 96 valence electrons. The Bertz CT molecular complexity index is 175. The third-order valence-corrected chi connectivity index (χ3v) is 3.02. The highest BCUT2D eigenvalue weighted by atomic mass is 16.5. The molecule has 0 saturated heterocycles. The van der Waals surface area contributed by atoms with Crippen molar-refractivity contribution < 1.29 is 9.53 Å². The Hall–Kier alpha value is -0.570. The molecule has 0 aliphatic rings. The van der Waals surface area contributed by atoms with Gasteiger partial charge in [0.1, 0.15) is 6.04 Å². The molecule has 0 bridgehead atoms. The number of carbonyl (C=O) groups excluding carboxylic acids is 1. The van der Waals surface area contributed by atoms with Crippen molar-refractivity contribution in [2.75, 3.05) is 7.11 Å². The molecular weight excluding hydrogens is 202 g/mol. The Labute approximate surface area is 99.7 Å². The van der Waals surface area contributed by atoms with Gasteiger partial charge in [0.25, 0.3) is 0 Å². The molecule has 0 amide bonds. The number of hydrogen-bond acceptors (Lipinski definition) is 3. The van der Waals surface area contributed by atoms with Crippen LogP contribution in [-0.4, -0.2) is 19.1 Å². The van der Waals surface area contributed by atoms with Gasteiger partial charge in [-0.1, -0.05) is 52.4 Å². The van der Waals surface area contributed by atoms with Crippen molar-refractivity contribution in [3.05, 3.63) is 0 Å². The van der Waals surface area contributed by atoms with Crippen LogP contribution in [0.5, 0.6) is 0 Å². The topological polar surface area (TPSA) is 52.3 Å². The molecule has 0 aliphatic carbocycles. The lowest BCUT2D eigenvalue weighted by molar-refractivity contribution is -0.142. The predicted octanol–water partition coefficient (Wildman–Crippen LogP) is 2.87. The normalized spacial score (nSPS) is 12.8. The number of rotatable bonds is 9. The van der Waals surface area contributed by atoms with E-state index in [1.807, 2.05) is 0 Å². The quantitative estimate of drug-likeness (QED) is 0.618. The van der Waals surface area contributed by atoms with Gasteiger partial charge >= 0.3 is 5.97 Å². The minimum absolute atomic E-state index is 0.280. The molecule has 0 aliphatic heterocycles. The standard InChI is InChI=1S/C13H27NO2/c1-4-6-8-11(9-7-5-2)10-12(14)13(15)16-3/h11-12H,4-10,14H2,1-3H3. The monoisotopic (exact) mass is 229 g/mol. The largest absolute Gasteiger partial charge is 0.468 e. The number of methoxy groups -OCH3 is 1. The molecule has 2 N–H and O–H groups in total. The lowest BCUT2D eigenvalue weighted by atomic mass is 9.90. The summed E-state index contributed by atoms with van der Waals surface area (Å²) < 4.78 is 4.66. The lowest BCUT2D eigenvalue weighted by Gasteiger charge is -2.19. The van der Waals surface area contributed by atoms with E-state index in [-0.39, 0.29) is 5.97 Å². The molecule has 0 heterocycles. The first kappa shape index (κ1) is 15.4. The molecule has 16 heavy (non-hydrogen) atoms. The van der Waals surface area contributed by atoms with Gasteiger partial charge in [0.15, 0.2) is 0 Å². The number of unbranched alkanes of at least 4 members (excludes halogenated alkanes) is 2. The summed E-state index contributed by atoms with van der Waals surface area (Å²) in [7, 11) is 1.40. The fourth-order valence-electron chi connectivity index (χ4n) is 1.97. The van der Waals surface area contributed by atoms with Crippen molar-refractivity contribution in [2.45, 2.75) is 64.8 Å². The van der Waals surface area contributed by atoms with Crippen LogP contribution in [-0.2, 0) is 9.53 Å². The van der Waals surface area contributed by atoms with E-state index >= 15 is 0 Å². The second kappa shape index (κ2) is 9.64. The van der Waals surface area contributed by atoms with Crippen LogP contribution in [0, 0.1) is 5.92 Å². The van der Waals surface area contributed by atoms with Gasteiger partial charge in [0, 0.05) is 0 Å². The van der Waals surface area contributed by atoms with Crippen LogP contribution in [0.2, 0.25) is 0 Å². The van der Waals surface area contributed by atoms with Gasteiger partial charge in [-0.05, 0) is 12.3 Å². The van der Waals surface area contributed by atoms with Crippen LogP contribution in [0.1, 0.15) is 58.8 Å². The summed E-state index contributed by atoms with van der Waals surface area (Å²) in [6.07, 6.45) is 7.99. The number of esters is 1. The number of ether oxygens (including phenoxy) is 1. The van der Waals surface area contributed by atoms with Gasteiger partial charge in [0.05, 0.1) is 7.11 Å². The maximum atomic E-state index is 11.2. The molecule has 0 rings (SSSR count). The molecule has 3 nitrogen and oxygen atoms in total. The van der Waals surface area contributed by atoms with Gasteiger partial charge in [-0.3, -0.25) is 4.79 Å². The minimum Gasteiger partial charge on any atom is -0.468 e. The first-order chi connectivity index (χ1) is 7.65. The van der Waals surface area contributed by atoms with Gasteiger partial charge < -0.3 is 10.5 Å². The lowest BCUT2D eigenvalue weighted by Crippen LogP contribution is -2.33. The van der Waals surface area contributed by atoms with Gasteiger partial charge in [-0.15, -0.1) is 0 Å². The number of nitrogens with two attached hydrogens (primary N) is 1. The van der Waals surface area contributed by atoms with Crippen LogP contribution in [0.15, 0.2) is 0 Å². The average molecular weight is 229 g/mol. The summed E-state index contributed by atoms with van der Waals surface area (Å²) in [5, 5.41) is 0. The van der Waals surface area contributed by atoms with Crippen molar-refractivity contribution in [1.29, 1.82) is 0 Å². The Morgan fingerprint density at radius 1 is 1.19 bits per heavy atom. The molecule has 1 atom stereocenters. The maximum Gasteiger partial charge on any atom is 0.322 e. The van der Waals surface area contributed by atoms with Crippen molar-refractivity contribution in [2.24, 2.45) is 11.7 Å². The first-order valence-electron chi connectivity index (χ1n) is 6.49. The Balaban J connectivity index is 4.01. The maximum absolute atomic E-state index is 11.2. The summed E-state index contributed by atoms with van der Waals surface area (Å²) >= 11 is 0. The highest BCUT2D eigenvalue weighted by molar-refractivity contribution is 5.75. The fourth-order valence-corrected chi connectivity index (χ4v) is 1.97. The molecular formula is C13H27NO2. The highest BCUT2D eigenvalue weighted by Crippen LogP contribution is 2.21. The average Bonchev–Trinajstić information content (AvgIpc) is 2.31. The van der Waals surface area contributed by atoms with Gasteiger partial charge in [0.2, 0.25) is 0 Å². The Morgan fingerprint density at radius 3 is 2.06 bits per heavy atom. The molecule has 0 aromatic heterocycles. The summed E-state index contributed by atoms with van der Waals surface area (Å²) in [5.41, 5.74) is 5.80. The second-order valence-corrected chi connectivity index (χ2v) is 4.52. The summed E-state index contributed by atoms with van der Waals surface area (Å²) in [4.78, 5) is 11.2. The third-order valence-electron chi connectivity index (χ3n) is 3.02. The van der Waals surface area contributed by atoms with Crippen molar-refractivity contribution >= 4 is 5.97 Å². The van der Waals surface area contributed by atoms with Crippen LogP contribution < -0.4 is 5.73 Å². The minimum atomic E-state index is -0.441. The zero-order valence-corrected chi connectivity index (χ0v) is 11.0. The fraction of sp³-hybridized carbons (Fsp3) is 0.923. The van der Waals surface area contributed by atoms with Crippen molar-refractivity contribution in [1.82, 2.24) is 0 Å². The molecule has 1 unspecified atom stereocenters. The summed E-state index contributed by atoms with van der Waals surface area (Å²) in [6, 6.07) is -0.441. The summed E-state index contributed by atoms with van der Waals surface area (Å²) in [5.74, 6) is 0.298. The molecule has 0 aromatic rings. The Morgan fingerprint density at radius 2 is 1.69 bits per heavy atom. The van der Waals surface area contributed by atoms with Crippen LogP contribution in [0.3, 0.4) is 0 Å². The molecule has 0 saturated carbocycles. The second-order valence-electron chi connectivity index (χ2n) is 4.52. The van der Waals surface area contributed by atoms with E-state index < -0.39 is 6.04 Å². The van der Waals surface area contributed by atoms with Crippen LogP contribution in [0.4, 0.5) is 0 Å². The summed E-state index contributed by atoms with van der Waals surface area (Å²) in [6.45, 7) is 4.38. The Kier molecular flexibility index (Phi) is 9.30.